The molecule has 3 heteroatoms. The van der Waals surface area contributed by atoms with E-state index in [-0.39, 0.29) is 0 Å². The zero-order valence-corrected chi connectivity index (χ0v) is 11.3. The van der Waals surface area contributed by atoms with E-state index < -0.39 is 0 Å². The first-order valence-electron chi connectivity index (χ1n) is 6.27. The highest BCUT2D eigenvalue weighted by Crippen LogP contribution is 2.23. The number of benzene rings is 2. The number of ether oxygens (including phenoxy) is 2. The number of rotatable bonds is 5. The molecule has 0 aliphatic carbocycles. The molecule has 0 fully saturated rings. The summed E-state index contributed by atoms with van der Waals surface area (Å²) in [6, 6.07) is 14.0. The third kappa shape index (κ3) is 3.73. The molecule has 0 saturated carbocycles. The highest BCUT2D eigenvalue weighted by Gasteiger charge is 2.02. The van der Waals surface area contributed by atoms with Gasteiger partial charge in [0, 0.05) is 12.6 Å². The van der Waals surface area contributed by atoms with E-state index in [1.165, 1.54) is 5.56 Å². The van der Waals surface area contributed by atoms with E-state index in [1.807, 2.05) is 24.3 Å². The van der Waals surface area contributed by atoms with E-state index in [0.29, 0.717) is 13.2 Å². The minimum Gasteiger partial charge on any atom is -0.497 e. The second-order valence-electron chi connectivity index (χ2n) is 4.50. The van der Waals surface area contributed by atoms with Gasteiger partial charge in [0.2, 0.25) is 0 Å². The maximum atomic E-state index is 5.80. The van der Waals surface area contributed by atoms with Gasteiger partial charge >= 0.3 is 0 Å². The van der Waals surface area contributed by atoms with Crippen molar-refractivity contribution in [3.63, 3.8) is 0 Å². The minimum atomic E-state index is 0.470. The Hall–Kier alpha value is -2.00. The van der Waals surface area contributed by atoms with Crippen molar-refractivity contribution in [2.45, 2.75) is 20.1 Å². The first-order chi connectivity index (χ1) is 9.21. The monoisotopic (exact) mass is 257 g/mol. The molecule has 3 nitrogen and oxygen atoms in total. The van der Waals surface area contributed by atoms with Gasteiger partial charge in [-0.05, 0) is 30.2 Å². The number of nitrogens with two attached hydrogens (primary N) is 1. The summed E-state index contributed by atoms with van der Waals surface area (Å²) in [5, 5.41) is 0. The molecule has 0 saturated heterocycles. The summed E-state index contributed by atoms with van der Waals surface area (Å²) in [7, 11) is 1.64. The molecule has 0 heterocycles. The summed E-state index contributed by atoms with van der Waals surface area (Å²) >= 11 is 0. The van der Waals surface area contributed by atoms with Crippen LogP contribution in [-0.4, -0.2) is 7.11 Å². The Morgan fingerprint density at radius 1 is 1.00 bits per heavy atom. The van der Waals surface area contributed by atoms with Crippen LogP contribution in [0.25, 0.3) is 0 Å². The molecule has 0 aliphatic heterocycles. The van der Waals surface area contributed by atoms with Gasteiger partial charge in [0.05, 0.1) is 7.11 Å². The maximum absolute atomic E-state index is 5.80. The number of hydrogen-bond acceptors (Lipinski definition) is 3. The van der Waals surface area contributed by atoms with E-state index in [4.69, 9.17) is 15.2 Å². The van der Waals surface area contributed by atoms with E-state index in [9.17, 15) is 0 Å². The SMILES string of the molecule is COc1cc(CN)cc(OCc2cccc(C)c2)c1. The average Bonchev–Trinajstić information content (AvgIpc) is 2.44. The zero-order valence-electron chi connectivity index (χ0n) is 11.3. The van der Waals surface area contributed by atoms with Gasteiger partial charge in [-0.3, -0.25) is 0 Å². The predicted octanol–water partition coefficient (Wildman–Crippen LogP) is 3.04. The van der Waals surface area contributed by atoms with Gasteiger partial charge in [0.25, 0.3) is 0 Å². The third-order valence-corrected chi connectivity index (χ3v) is 2.90. The lowest BCUT2D eigenvalue weighted by Crippen LogP contribution is -2.00. The first kappa shape index (κ1) is 13.4. The van der Waals surface area contributed by atoms with Gasteiger partial charge in [-0.25, -0.2) is 0 Å². The van der Waals surface area contributed by atoms with Crippen molar-refractivity contribution in [1.82, 2.24) is 0 Å². The predicted molar refractivity (Wildman–Crippen MR) is 76.4 cm³/mol. The van der Waals surface area contributed by atoms with Crippen LogP contribution in [0.2, 0.25) is 0 Å². The summed E-state index contributed by atoms with van der Waals surface area (Å²) < 4.78 is 11.0. The van der Waals surface area contributed by atoms with Crippen molar-refractivity contribution in [3.05, 3.63) is 59.2 Å². The van der Waals surface area contributed by atoms with E-state index >= 15 is 0 Å². The molecule has 0 bridgehead atoms. The normalized spacial score (nSPS) is 10.3. The summed E-state index contributed by atoms with van der Waals surface area (Å²) in [5.41, 5.74) is 9.04. The summed E-state index contributed by atoms with van der Waals surface area (Å²) in [5.74, 6) is 1.54. The smallest absolute Gasteiger partial charge is 0.123 e. The fraction of sp³-hybridized carbons (Fsp3) is 0.250. The molecule has 0 radical (unpaired) electrons. The Morgan fingerprint density at radius 3 is 2.47 bits per heavy atom. The Labute approximate surface area is 114 Å². The molecule has 100 valence electrons. The molecule has 2 aromatic rings. The highest BCUT2D eigenvalue weighted by molar-refractivity contribution is 5.38. The molecular weight excluding hydrogens is 238 g/mol. The van der Waals surface area contributed by atoms with Crippen LogP contribution in [0.4, 0.5) is 0 Å². The van der Waals surface area contributed by atoms with Crippen molar-refractivity contribution >= 4 is 0 Å². The minimum absolute atomic E-state index is 0.470. The van der Waals surface area contributed by atoms with Crippen molar-refractivity contribution in [2.24, 2.45) is 5.73 Å². The summed E-state index contributed by atoms with van der Waals surface area (Å²) in [4.78, 5) is 0. The molecule has 0 spiro atoms. The fourth-order valence-corrected chi connectivity index (χ4v) is 1.92. The molecule has 2 aromatic carbocycles. The topological polar surface area (TPSA) is 44.5 Å². The van der Waals surface area contributed by atoms with Crippen LogP contribution < -0.4 is 15.2 Å². The molecule has 0 amide bonds. The van der Waals surface area contributed by atoms with Crippen LogP contribution in [0, 0.1) is 6.92 Å². The number of methoxy groups -OCH3 is 1. The van der Waals surface area contributed by atoms with Crippen LogP contribution in [0.5, 0.6) is 11.5 Å². The average molecular weight is 257 g/mol. The summed E-state index contributed by atoms with van der Waals surface area (Å²) in [6.07, 6.45) is 0. The zero-order chi connectivity index (χ0) is 13.7. The fourth-order valence-electron chi connectivity index (χ4n) is 1.92. The molecule has 2 rings (SSSR count). The van der Waals surface area contributed by atoms with Gasteiger partial charge in [-0.15, -0.1) is 0 Å². The molecule has 0 aliphatic rings. The van der Waals surface area contributed by atoms with Crippen LogP contribution in [-0.2, 0) is 13.2 Å². The highest BCUT2D eigenvalue weighted by atomic mass is 16.5. The standard InChI is InChI=1S/C16H19NO2/c1-12-4-3-5-13(6-12)11-19-16-8-14(10-17)7-15(9-16)18-2/h3-9H,10-11,17H2,1-2H3. The Bertz CT molecular complexity index is 530. The molecule has 2 N–H and O–H groups in total. The van der Waals surface area contributed by atoms with Crippen molar-refractivity contribution in [2.75, 3.05) is 7.11 Å². The largest absolute Gasteiger partial charge is 0.497 e. The van der Waals surface area contributed by atoms with Gasteiger partial charge in [0.15, 0.2) is 0 Å². The maximum Gasteiger partial charge on any atom is 0.123 e. The molecule has 0 aromatic heterocycles. The van der Waals surface area contributed by atoms with Crippen LogP contribution in [0.15, 0.2) is 42.5 Å². The van der Waals surface area contributed by atoms with Gasteiger partial charge < -0.3 is 15.2 Å². The lowest BCUT2D eigenvalue weighted by molar-refractivity contribution is 0.303. The quantitative estimate of drug-likeness (QED) is 0.895. The lowest BCUT2D eigenvalue weighted by Gasteiger charge is -2.10. The molecule has 0 unspecified atom stereocenters. The molecular formula is C16H19NO2. The second-order valence-corrected chi connectivity index (χ2v) is 4.50. The Morgan fingerprint density at radius 2 is 1.79 bits per heavy atom. The Kier molecular flexibility index (Phi) is 4.42. The van der Waals surface area contributed by atoms with E-state index in [1.54, 1.807) is 7.11 Å². The second kappa shape index (κ2) is 6.25. The van der Waals surface area contributed by atoms with Crippen LogP contribution in [0.3, 0.4) is 0 Å². The van der Waals surface area contributed by atoms with E-state index in [2.05, 4.69) is 25.1 Å². The van der Waals surface area contributed by atoms with Gasteiger partial charge in [0.1, 0.15) is 18.1 Å². The molecule has 19 heavy (non-hydrogen) atoms. The lowest BCUT2D eigenvalue weighted by atomic mass is 10.1. The number of aryl methyl sites for hydroxylation is 1. The third-order valence-electron chi connectivity index (χ3n) is 2.90. The van der Waals surface area contributed by atoms with Crippen molar-refractivity contribution in [1.29, 1.82) is 0 Å². The Balaban J connectivity index is 2.10. The van der Waals surface area contributed by atoms with Gasteiger partial charge in [-0.1, -0.05) is 29.8 Å². The van der Waals surface area contributed by atoms with E-state index in [0.717, 1.165) is 22.6 Å². The number of hydrogen-bond donors (Lipinski definition) is 1. The van der Waals surface area contributed by atoms with Gasteiger partial charge in [-0.2, -0.15) is 0 Å². The van der Waals surface area contributed by atoms with Crippen molar-refractivity contribution < 1.29 is 9.47 Å². The van der Waals surface area contributed by atoms with Crippen LogP contribution in [0.1, 0.15) is 16.7 Å². The molecule has 0 atom stereocenters. The first-order valence-corrected chi connectivity index (χ1v) is 6.27. The summed E-state index contributed by atoms with van der Waals surface area (Å²) in [6.45, 7) is 3.08. The van der Waals surface area contributed by atoms with Crippen molar-refractivity contribution in [3.8, 4) is 11.5 Å². The van der Waals surface area contributed by atoms with Crippen LogP contribution >= 0.6 is 0 Å².